The molecule has 28 heavy (non-hydrogen) atoms. The van der Waals surface area contributed by atoms with Crippen LogP contribution < -0.4 is 5.32 Å². The second-order valence-electron chi connectivity index (χ2n) is 6.00. The van der Waals surface area contributed by atoms with Crippen LogP contribution in [-0.4, -0.2) is 16.1 Å². The Hall–Kier alpha value is -2.32. The molecule has 0 fully saturated rings. The second-order valence-corrected chi connectivity index (χ2v) is 8.18. The number of amides is 1. The van der Waals surface area contributed by atoms with Crippen molar-refractivity contribution in [2.45, 2.75) is 24.1 Å². The Labute approximate surface area is 169 Å². The van der Waals surface area contributed by atoms with E-state index in [0.29, 0.717) is 5.75 Å². The summed E-state index contributed by atoms with van der Waals surface area (Å²) in [5, 5.41) is 4.69. The first-order valence-electron chi connectivity index (χ1n) is 8.43. The van der Waals surface area contributed by atoms with Crippen molar-refractivity contribution in [3.05, 3.63) is 71.2 Å². The van der Waals surface area contributed by atoms with Crippen molar-refractivity contribution < 1.29 is 18.0 Å². The average Bonchev–Trinajstić information content (AvgIpc) is 3.15. The summed E-state index contributed by atoms with van der Waals surface area (Å²) in [5.74, 6) is 0.0268. The number of aromatic nitrogens is 1. The Bertz CT molecular complexity index is 942. The summed E-state index contributed by atoms with van der Waals surface area (Å²) < 4.78 is 39.1. The average molecular weight is 422 g/mol. The van der Waals surface area contributed by atoms with Crippen LogP contribution in [0.25, 0.3) is 10.6 Å². The summed E-state index contributed by atoms with van der Waals surface area (Å²) in [6.45, 7) is 1.67. The van der Waals surface area contributed by atoms with E-state index in [1.54, 1.807) is 6.92 Å². The molecule has 1 unspecified atom stereocenters. The summed E-state index contributed by atoms with van der Waals surface area (Å²) >= 11 is 2.85. The fourth-order valence-corrected chi connectivity index (χ4v) is 4.16. The number of thiazole rings is 1. The Kier molecular flexibility index (Phi) is 6.41. The highest BCUT2D eigenvalue weighted by Crippen LogP contribution is 2.35. The highest BCUT2D eigenvalue weighted by Gasteiger charge is 2.33. The topological polar surface area (TPSA) is 42.0 Å². The van der Waals surface area contributed by atoms with Crippen molar-refractivity contribution in [3.63, 3.8) is 0 Å². The van der Waals surface area contributed by atoms with Gasteiger partial charge in [-0.3, -0.25) is 4.79 Å². The van der Waals surface area contributed by atoms with E-state index in [-0.39, 0.29) is 5.69 Å². The van der Waals surface area contributed by atoms with E-state index in [4.69, 9.17) is 0 Å². The molecule has 1 atom stereocenters. The number of nitrogens with one attached hydrogen (secondary N) is 1. The van der Waals surface area contributed by atoms with Crippen molar-refractivity contribution in [2.24, 2.45) is 0 Å². The Balaban J connectivity index is 1.59. The number of thioether (sulfide) groups is 1. The van der Waals surface area contributed by atoms with Gasteiger partial charge in [0.05, 0.1) is 22.2 Å². The number of hydrogen-bond acceptors (Lipinski definition) is 4. The number of anilines is 1. The number of benzene rings is 2. The molecule has 3 nitrogen and oxygen atoms in total. The van der Waals surface area contributed by atoms with Gasteiger partial charge in [0.25, 0.3) is 0 Å². The number of para-hydroxylation sites is 1. The van der Waals surface area contributed by atoms with Crippen LogP contribution in [0, 0.1) is 0 Å². The molecule has 8 heteroatoms. The van der Waals surface area contributed by atoms with Crippen LogP contribution in [0.4, 0.5) is 18.9 Å². The molecule has 0 radical (unpaired) electrons. The first kappa shape index (κ1) is 20.4. The lowest BCUT2D eigenvalue weighted by molar-refractivity contribution is -0.137. The van der Waals surface area contributed by atoms with Gasteiger partial charge in [0.15, 0.2) is 0 Å². The SMILES string of the molecule is CC(SCc1csc(-c2ccccc2)n1)C(=O)Nc1ccccc1C(F)(F)F. The highest BCUT2D eigenvalue weighted by atomic mass is 32.2. The van der Waals surface area contributed by atoms with Gasteiger partial charge in [0, 0.05) is 16.7 Å². The fourth-order valence-electron chi connectivity index (χ4n) is 2.45. The maximum atomic E-state index is 13.0. The van der Waals surface area contributed by atoms with Gasteiger partial charge in [-0.1, -0.05) is 42.5 Å². The van der Waals surface area contributed by atoms with Crippen molar-refractivity contribution in [1.82, 2.24) is 4.98 Å². The maximum Gasteiger partial charge on any atom is 0.418 e. The minimum atomic E-state index is -4.52. The summed E-state index contributed by atoms with van der Waals surface area (Å²) in [5.41, 5.74) is 0.780. The van der Waals surface area contributed by atoms with Crippen molar-refractivity contribution >= 4 is 34.7 Å². The quantitative estimate of drug-likeness (QED) is 0.523. The van der Waals surface area contributed by atoms with Crippen LogP contribution in [0.2, 0.25) is 0 Å². The smallest absolute Gasteiger partial charge is 0.325 e. The number of nitrogens with zero attached hydrogens (tertiary/aromatic N) is 1. The minimum absolute atomic E-state index is 0.229. The summed E-state index contributed by atoms with van der Waals surface area (Å²) in [4.78, 5) is 16.9. The molecule has 0 bridgehead atoms. The van der Waals surface area contributed by atoms with E-state index in [2.05, 4.69) is 10.3 Å². The van der Waals surface area contributed by atoms with Crippen LogP contribution in [0.3, 0.4) is 0 Å². The number of carbonyl (C=O) groups excluding carboxylic acids is 1. The van der Waals surface area contributed by atoms with E-state index in [1.807, 2.05) is 35.7 Å². The molecule has 0 saturated carbocycles. The van der Waals surface area contributed by atoms with Crippen molar-refractivity contribution in [3.8, 4) is 10.6 Å². The Morgan fingerprint density at radius 1 is 1.14 bits per heavy atom. The third kappa shape index (κ3) is 5.14. The third-order valence-electron chi connectivity index (χ3n) is 3.91. The normalized spacial score (nSPS) is 12.6. The summed E-state index contributed by atoms with van der Waals surface area (Å²) in [6.07, 6.45) is -4.52. The molecule has 2 aromatic carbocycles. The largest absolute Gasteiger partial charge is 0.418 e. The van der Waals surface area contributed by atoms with E-state index in [0.717, 1.165) is 22.3 Å². The first-order valence-corrected chi connectivity index (χ1v) is 10.4. The van der Waals surface area contributed by atoms with Crippen molar-refractivity contribution in [1.29, 1.82) is 0 Å². The monoisotopic (exact) mass is 422 g/mol. The van der Waals surface area contributed by atoms with Crippen LogP contribution in [0.15, 0.2) is 60.0 Å². The molecular formula is C20H17F3N2OS2. The Morgan fingerprint density at radius 3 is 2.54 bits per heavy atom. The molecule has 1 amide bonds. The fraction of sp³-hybridized carbons (Fsp3) is 0.200. The molecule has 3 aromatic rings. The zero-order valence-corrected chi connectivity index (χ0v) is 16.5. The predicted molar refractivity (Wildman–Crippen MR) is 108 cm³/mol. The zero-order chi connectivity index (χ0) is 20.1. The van der Waals surface area contributed by atoms with Gasteiger partial charge in [-0.25, -0.2) is 4.98 Å². The van der Waals surface area contributed by atoms with E-state index < -0.39 is 22.9 Å². The molecule has 1 heterocycles. The number of carbonyl (C=O) groups is 1. The third-order valence-corrected chi connectivity index (χ3v) is 6.03. The molecule has 3 rings (SSSR count). The van der Waals surface area contributed by atoms with E-state index >= 15 is 0 Å². The number of rotatable bonds is 6. The minimum Gasteiger partial charge on any atom is -0.325 e. The van der Waals surface area contributed by atoms with Gasteiger partial charge in [-0.2, -0.15) is 13.2 Å². The predicted octanol–water partition coefficient (Wildman–Crippen LogP) is 6.09. The standard InChI is InChI=1S/C20H17F3N2OS2/c1-13(18(26)25-17-10-6-5-9-16(17)20(21,22)23)27-11-15-12-28-19(24-15)14-7-3-2-4-8-14/h2-10,12-13H,11H2,1H3,(H,25,26). The molecule has 1 N–H and O–H groups in total. The molecule has 0 saturated heterocycles. The van der Waals surface area contributed by atoms with E-state index in [9.17, 15) is 18.0 Å². The lowest BCUT2D eigenvalue weighted by Crippen LogP contribution is -2.24. The first-order chi connectivity index (χ1) is 13.3. The van der Waals surface area contributed by atoms with Gasteiger partial charge >= 0.3 is 6.18 Å². The van der Waals surface area contributed by atoms with Gasteiger partial charge < -0.3 is 5.32 Å². The molecule has 0 aliphatic carbocycles. The summed E-state index contributed by atoms with van der Waals surface area (Å²) in [7, 11) is 0. The Morgan fingerprint density at radius 2 is 1.82 bits per heavy atom. The van der Waals surface area contributed by atoms with Crippen LogP contribution in [0.1, 0.15) is 18.2 Å². The van der Waals surface area contributed by atoms with Gasteiger partial charge in [-0.15, -0.1) is 23.1 Å². The van der Waals surface area contributed by atoms with Crippen LogP contribution in [0.5, 0.6) is 0 Å². The molecule has 1 aromatic heterocycles. The van der Waals surface area contributed by atoms with Crippen LogP contribution in [-0.2, 0) is 16.7 Å². The van der Waals surface area contributed by atoms with E-state index in [1.165, 1.54) is 41.3 Å². The number of hydrogen-bond donors (Lipinski definition) is 1. The van der Waals surface area contributed by atoms with Gasteiger partial charge in [-0.05, 0) is 19.1 Å². The highest BCUT2D eigenvalue weighted by molar-refractivity contribution is 7.99. The van der Waals surface area contributed by atoms with Crippen molar-refractivity contribution in [2.75, 3.05) is 5.32 Å². The molecule has 0 aliphatic heterocycles. The summed E-state index contributed by atoms with van der Waals surface area (Å²) in [6, 6.07) is 14.7. The van der Waals surface area contributed by atoms with Crippen LogP contribution >= 0.6 is 23.1 Å². The second kappa shape index (κ2) is 8.79. The maximum absolute atomic E-state index is 13.0. The molecule has 0 aliphatic rings. The van der Waals surface area contributed by atoms with Gasteiger partial charge in [0.2, 0.25) is 5.91 Å². The number of alkyl halides is 3. The molecular weight excluding hydrogens is 405 g/mol. The molecule has 146 valence electrons. The number of halogens is 3. The van der Waals surface area contributed by atoms with Gasteiger partial charge in [0.1, 0.15) is 5.01 Å². The molecule has 0 spiro atoms. The lowest BCUT2D eigenvalue weighted by atomic mass is 10.1. The lowest BCUT2D eigenvalue weighted by Gasteiger charge is -2.16. The zero-order valence-electron chi connectivity index (χ0n) is 14.9.